The standard InChI is InChI=1S/C13H14N2/c1-2-6-13-12(5-1)11(9-14-13)10-15-7-3-4-8-15/h1-2,5-6,9-10H,3-4,7-8H2/b11-10+. The van der Waals surface area contributed by atoms with Crippen LogP contribution in [0.15, 0.2) is 35.5 Å². The maximum absolute atomic E-state index is 4.40. The molecule has 0 spiro atoms. The van der Waals surface area contributed by atoms with Crippen LogP contribution in [0.25, 0.3) is 5.57 Å². The Morgan fingerprint density at radius 1 is 1.13 bits per heavy atom. The summed E-state index contributed by atoms with van der Waals surface area (Å²) in [5.74, 6) is 0. The van der Waals surface area contributed by atoms with Crippen LogP contribution in [-0.4, -0.2) is 24.2 Å². The minimum atomic E-state index is 1.10. The Balaban J connectivity index is 1.93. The molecule has 2 heteroatoms. The van der Waals surface area contributed by atoms with Crippen molar-refractivity contribution in [2.45, 2.75) is 12.8 Å². The highest BCUT2D eigenvalue weighted by atomic mass is 15.1. The van der Waals surface area contributed by atoms with Crippen LogP contribution in [0.2, 0.25) is 0 Å². The molecule has 1 aromatic rings. The molecule has 1 fully saturated rings. The average molecular weight is 198 g/mol. The summed E-state index contributed by atoms with van der Waals surface area (Å²) in [4.78, 5) is 6.80. The second-order valence-corrected chi connectivity index (χ2v) is 4.10. The molecule has 2 aliphatic rings. The molecular weight excluding hydrogens is 184 g/mol. The fourth-order valence-corrected chi connectivity index (χ4v) is 2.21. The lowest BCUT2D eigenvalue weighted by Gasteiger charge is -2.12. The first-order valence-corrected chi connectivity index (χ1v) is 5.53. The van der Waals surface area contributed by atoms with Crippen LogP contribution >= 0.6 is 0 Å². The van der Waals surface area contributed by atoms with Gasteiger partial charge in [-0.05, 0) is 18.9 Å². The largest absolute Gasteiger partial charge is 0.377 e. The first-order chi connectivity index (χ1) is 7.43. The Labute approximate surface area is 89.9 Å². The third kappa shape index (κ3) is 1.56. The van der Waals surface area contributed by atoms with Crippen LogP contribution in [0.1, 0.15) is 18.4 Å². The minimum absolute atomic E-state index is 1.10. The van der Waals surface area contributed by atoms with Gasteiger partial charge in [0.25, 0.3) is 0 Å². The minimum Gasteiger partial charge on any atom is -0.377 e. The maximum Gasteiger partial charge on any atom is 0.0709 e. The fourth-order valence-electron chi connectivity index (χ4n) is 2.21. The van der Waals surface area contributed by atoms with Crippen LogP contribution in [0.3, 0.4) is 0 Å². The molecular formula is C13H14N2. The summed E-state index contributed by atoms with van der Waals surface area (Å²) >= 11 is 0. The Hall–Kier alpha value is -1.57. The van der Waals surface area contributed by atoms with E-state index in [1.807, 2.05) is 12.3 Å². The topological polar surface area (TPSA) is 15.6 Å². The van der Waals surface area contributed by atoms with Crippen LogP contribution in [-0.2, 0) is 0 Å². The van der Waals surface area contributed by atoms with Crippen molar-refractivity contribution < 1.29 is 0 Å². The quantitative estimate of drug-likeness (QED) is 0.677. The Morgan fingerprint density at radius 3 is 2.80 bits per heavy atom. The van der Waals surface area contributed by atoms with Crippen molar-refractivity contribution in [1.82, 2.24) is 4.90 Å². The maximum atomic E-state index is 4.40. The number of allylic oxidation sites excluding steroid dienone is 1. The fraction of sp³-hybridized carbons (Fsp3) is 0.308. The zero-order valence-corrected chi connectivity index (χ0v) is 8.69. The molecule has 2 heterocycles. The smallest absolute Gasteiger partial charge is 0.0709 e. The van der Waals surface area contributed by atoms with E-state index in [0.717, 1.165) is 5.69 Å². The number of rotatable bonds is 1. The van der Waals surface area contributed by atoms with Crippen molar-refractivity contribution in [3.63, 3.8) is 0 Å². The summed E-state index contributed by atoms with van der Waals surface area (Å²) < 4.78 is 0. The van der Waals surface area contributed by atoms with Gasteiger partial charge in [-0.1, -0.05) is 18.2 Å². The molecule has 3 rings (SSSR count). The lowest BCUT2D eigenvalue weighted by atomic mass is 10.1. The highest BCUT2D eigenvalue weighted by Crippen LogP contribution is 2.31. The molecule has 0 N–H and O–H groups in total. The first-order valence-electron chi connectivity index (χ1n) is 5.53. The molecule has 76 valence electrons. The SMILES string of the molecule is C1=Nc2ccccc2/C1=C/N1CCCC1. The molecule has 1 saturated heterocycles. The molecule has 0 unspecified atom stereocenters. The molecule has 2 nitrogen and oxygen atoms in total. The van der Waals surface area contributed by atoms with Crippen molar-refractivity contribution in [2.24, 2.45) is 4.99 Å². The highest BCUT2D eigenvalue weighted by Gasteiger charge is 2.14. The summed E-state index contributed by atoms with van der Waals surface area (Å²) in [5, 5.41) is 0. The van der Waals surface area contributed by atoms with Crippen LogP contribution in [0.4, 0.5) is 5.69 Å². The van der Waals surface area contributed by atoms with Gasteiger partial charge >= 0.3 is 0 Å². The molecule has 0 radical (unpaired) electrons. The van der Waals surface area contributed by atoms with Crippen molar-refractivity contribution in [3.8, 4) is 0 Å². The molecule has 0 aliphatic carbocycles. The zero-order valence-electron chi connectivity index (χ0n) is 8.69. The number of para-hydroxylation sites is 1. The van der Waals surface area contributed by atoms with E-state index in [1.54, 1.807) is 0 Å². The van der Waals surface area contributed by atoms with Gasteiger partial charge < -0.3 is 4.90 Å². The van der Waals surface area contributed by atoms with E-state index in [4.69, 9.17) is 0 Å². The Morgan fingerprint density at radius 2 is 1.93 bits per heavy atom. The Bertz CT molecular complexity index is 426. The normalized spacial score (nSPS) is 21.3. The number of hydrogen-bond donors (Lipinski definition) is 0. The number of fused-ring (bicyclic) bond motifs is 1. The number of nitrogens with zero attached hydrogens (tertiary/aromatic N) is 2. The van der Waals surface area contributed by atoms with E-state index < -0.39 is 0 Å². The second-order valence-electron chi connectivity index (χ2n) is 4.10. The number of likely N-dealkylation sites (tertiary alicyclic amines) is 1. The van der Waals surface area contributed by atoms with Crippen molar-refractivity contribution in [1.29, 1.82) is 0 Å². The van der Waals surface area contributed by atoms with Crippen LogP contribution in [0, 0.1) is 0 Å². The third-order valence-corrected chi connectivity index (χ3v) is 3.02. The molecule has 1 aromatic carbocycles. The van der Waals surface area contributed by atoms with Gasteiger partial charge in [0.2, 0.25) is 0 Å². The zero-order chi connectivity index (χ0) is 10.1. The molecule has 0 atom stereocenters. The van der Waals surface area contributed by atoms with Crippen molar-refractivity contribution in [2.75, 3.05) is 13.1 Å². The first kappa shape index (κ1) is 8.72. The molecule has 0 aromatic heterocycles. The highest BCUT2D eigenvalue weighted by molar-refractivity contribution is 6.16. The van der Waals surface area contributed by atoms with Gasteiger partial charge in [-0.2, -0.15) is 0 Å². The average Bonchev–Trinajstić information content (AvgIpc) is 2.89. The monoisotopic (exact) mass is 198 g/mol. The molecule has 0 bridgehead atoms. The van der Waals surface area contributed by atoms with Crippen molar-refractivity contribution >= 4 is 17.5 Å². The van der Waals surface area contributed by atoms with Gasteiger partial charge in [-0.25, -0.2) is 0 Å². The predicted octanol–water partition coefficient (Wildman–Crippen LogP) is 2.84. The van der Waals surface area contributed by atoms with Gasteiger partial charge in [0.15, 0.2) is 0 Å². The lowest BCUT2D eigenvalue weighted by Crippen LogP contribution is -2.11. The van der Waals surface area contributed by atoms with Gasteiger partial charge in [0.1, 0.15) is 0 Å². The van der Waals surface area contributed by atoms with Gasteiger partial charge in [0, 0.05) is 36.6 Å². The molecule has 0 saturated carbocycles. The summed E-state index contributed by atoms with van der Waals surface area (Å²) in [6, 6.07) is 8.32. The summed E-state index contributed by atoms with van der Waals surface area (Å²) in [7, 11) is 0. The van der Waals surface area contributed by atoms with E-state index >= 15 is 0 Å². The summed E-state index contributed by atoms with van der Waals surface area (Å²) in [6.07, 6.45) is 6.87. The van der Waals surface area contributed by atoms with E-state index in [0.29, 0.717) is 0 Å². The lowest BCUT2D eigenvalue weighted by molar-refractivity contribution is 0.470. The predicted molar refractivity (Wildman–Crippen MR) is 63.4 cm³/mol. The number of hydrogen-bond acceptors (Lipinski definition) is 2. The number of benzene rings is 1. The molecule has 2 aliphatic heterocycles. The van der Waals surface area contributed by atoms with E-state index in [9.17, 15) is 0 Å². The van der Waals surface area contributed by atoms with Gasteiger partial charge in [-0.3, -0.25) is 4.99 Å². The van der Waals surface area contributed by atoms with Crippen LogP contribution < -0.4 is 0 Å². The number of aliphatic imine (C=N–C) groups is 1. The molecule has 0 amide bonds. The van der Waals surface area contributed by atoms with E-state index in [1.165, 1.54) is 37.1 Å². The van der Waals surface area contributed by atoms with Gasteiger partial charge in [-0.15, -0.1) is 0 Å². The third-order valence-electron chi connectivity index (χ3n) is 3.02. The molecule has 15 heavy (non-hydrogen) atoms. The Kier molecular flexibility index (Phi) is 2.05. The van der Waals surface area contributed by atoms with Crippen molar-refractivity contribution in [3.05, 3.63) is 36.0 Å². The summed E-state index contributed by atoms with van der Waals surface area (Å²) in [6.45, 7) is 2.39. The van der Waals surface area contributed by atoms with Crippen LogP contribution in [0.5, 0.6) is 0 Å². The van der Waals surface area contributed by atoms with E-state index in [-0.39, 0.29) is 0 Å². The summed E-state index contributed by atoms with van der Waals surface area (Å²) in [5.41, 5.74) is 3.62. The van der Waals surface area contributed by atoms with Gasteiger partial charge in [0.05, 0.1) is 5.69 Å². The second kappa shape index (κ2) is 3.54. The van der Waals surface area contributed by atoms with E-state index in [2.05, 4.69) is 34.3 Å².